The minimum absolute atomic E-state index is 0.0453. The molecule has 0 unspecified atom stereocenters. The Bertz CT molecular complexity index is 1730. The molecule has 0 fully saturated rings. The van der Waals surface area contributed by atoms with E-state index in [1.54, 1.807) is 4.68 Å². The van der Waals surface area contributed by atoms with Crippen LogP contribution in [0.3, 0.4) is 0 Å². The summed E-state index contributed by atoms with van der Waals surface area (Å²) < 4.78 is 9.79. The van der Waals surface area contributed by atoms with E-state index in [9.17, 15) is 4.79 Å². The van der Waals surface area contributed by atoms with Gasteiger partial charge in [0.1, 0.15) is 18.0 Å². The predicted octanol–water partition coefficient (Wildman–Crippen LogP) is 5.62. The van der Waals surface area contributed by atoms with Gasteiger partial charge in [-0.3, -0.25) is 9.20 Å². The number of fused-ring (bicyclic) bond motifs is 3. The molecule has 0 N–H and O–H groups in total. The lowest BCUT2D eigenvalue weighted by Gasteiger charge is -2.08. The van der Waals surface area contributed by atoms with E-state index in [2.05, 4.69) is 26.1 Å². The molecule has 0 spiro atoms. The van der Waals surface area contributed by atoms with E-state index < -0.39 is 0 Å². The Morgan fingerprint density at radius 3 is 2.33 bits per heavy atom. The Labute approximate surface area is 214 Å². The number of halogens is 1. The molecule has 0 saturated heterocycles. The molecular weight excluding hydrogens is 520 g/mol. The van der Waals surface area contributed by atoms with E-state index >= 15 is 0 Å². The standard InChI is InChI=1S/C27H19BrN6O2/c1-17(35)36-16-22-23(28)24(32-34(22)19-12-6-3-7-13-19)25-27-31-30-26(18-10-4-2-5-11-18)33(27)21-15-9-8-14-20(21)29-25/h2-15H,16H2,1H3. The molecule has 0 aliphatic rings. The number of rotatable bonds is 5. The van der Waals surface area contributed by atoms with Crippen LogP contribution in [0.25, 0.3) is 45.1 Å². The Morgan fingerprint density at radius 2 is 1.58 bits per heavy atom. The summed E-state index contributed by atoms with van der Waals surface area (Å²) in [5, 5.41) is 14.0. The monoisotopic (exact) mass is 538 g/mol. The average Bonchev–Trinajstić information content (AvgIpc) is 3.50. The van der Waals surface area contributed by atoms with E-state index in [4.69, 9.17) is 14.8 Å². The number of para-hydroxylation sites is 3. The average molecular weight is 539 g/mol. The van der Waals surface area contributed by atoms with Crippen molar-refractivity contribution in [3.63, 3.8) is 0 Å². The highest BCUT2D eigenvalue weighted by atomic mass is 79.9. The number of carbonyl (C=O) groups is 1. The minimum Gasteiger partial charge on any atom is -0.459 e. The lowest BCUT2D eigenvalue weighted by molar-refractivity contribution is -0.142. The van der Waals surface area contributed by atoms with Crippen LogP contribution in [0, 0.1) is 0 Å². The zero-order valence-corrected chi connectivity index (χ0v) is 20.8. The molecule has 0 aliphatic heterocycles. The van der Waals surface area contributed by atoms with Gasteiger partial charge in [-0.15, -0.1) is 10.2 Å². The van der Waals surface area contributed by atoms with E-state index in [1.807, 2.05) is 89.3 Å². The van der Waals surface area contributed by atoms with Gasteiger partial charge in [-0.2, -0.15) is 5.10 Å². The van der Waals surface area contributed by atoms with E-state index in [-0.39, 0.29) is 12.6 Å². The molecule has 3 aromatic carbocycles. The third-order valence-corrected chi connectivity index (χ3v) is 6.65. The van der Waals surface area contributed by atoms with Crippen molar-refractivity contribution in [3.8, 4) is 28.5 Å². The van der Waals surface area contributed by atoms with E-state index in [0.29, 0.717) is 33.0 Å². The summed E-state index contributed by atoms with van der Waals surface area (Å²) in [5.74, 6) is 0.338. The van der Waals surface area contributed by atoms with Crippen LogP contribution in [0.4, 0.5) is 0 Å². The lowest BCUT2D eigenvalue weighted by atomic mass is 10.2. The highest BCUT2D eigenvalue weighted by Gasteiger charge is 2.25. The highest BCUT2D eigenvalue weighted by Crippen LogP contribution is 2.36. The number of carbonyl (C=O) groups excluding carboxylic acids is 1. The van der Waals surface area contributed by atoms with Gasteiger partial charge in [0.25, 0.3) is 0 Å². The molecule has 176 valence electrons. The van der Waals surface area contributed by atoms with E-state index in [0.717, 1.165) is 22.3 Å². The first kappa shape index (κ1) is 22.1. The van der Waals surface area contributed by atoms with Gasteiger partial charge in [0.05, 0.1) is 26.9 Å². The molecule has 6 aromatic rings. The smallest absolute Gasteiger partial charge is 0.303 e. The number of benzene rings is 3. The molecule has 3 heterocycles. The summed E-state index contributed by atoms with van der Waals surface area (Å²) in [6.07, 6.45) is 0. The maximum Gasteiger partial charge on any atom is 0.303 e. The molecular formula is C27H19BrN6O2. The van der Waals surface area contributed by atoms with Gasteiger partial charge in [0.15, 0.2) is 11.5 Å². The molecule has 9 heteroatoms. The van der Waals surface area contributed by atoms with Gasteiger partial charge in [0, 0.05) is 12.5 Å². The quantitative estimate of drug-likeness (QED) is 0.264. The third kappa shape index (κ3) is 3.74. The number of hydrogen-bond acceptors (Lipinski definition) is 6. The summed E-state index contributed by atoms with van der Waals surface area (Å²) in [7, 11) is 0. The summed E-state index contributed by atoms with van der Waals surface area (Å²) in [4.78, 5) is 16.6. The zero-order chi connectivity index (χ0) is 24.6. The van der Waals surface area contributed by atoms with Crippen LogP contribution in [0.1, 0.15) is 12.6 Å². The van der Waals surface area contributed by atoms with Crippen LogP contribution < -0.4 is 0 Å². The van der Waals surface area contributed by atoms with Crippen LogP contribution in [0.2, 0.25) is 0 Å². The second-order valence-corrected chi connectivity index (χ2v) is 8.93. The summed E-state index contributed by atoms with van der Waals surface area (Å²) in [6.45, 7) is 1.43. The summed E-state index contributed by atoms with van der Waals surface area (Å²) in [5.41, 5.74) is 5.83. The van der Waals surface area contributed by atoms with Crippen molar-refractivity contribution in [1.29, 1.82) is 0 Å². The molecule has 0 atom stereocenters. The zero-order valence-electron chi connectivity index (χ0n) is 19.2. The Kier molecular flexibility index (Phi) is 5.54. The van der Waals surface area contributed by atoms with Crippen LogP contribution >= 0.6 is 15.9 Å². The van der Waals surface area contributed by atoms with Crippen LogP contribution in [-0.4, -0.2) is 35.3 Å². The Hall–Kier alpha value is -4.37. The van der Waals surface area contributed by atoms with E-state index in [1.165, 1.54) is 6.92 Å². The number of aromatic nitrogens is 6. The van der Waals surface area contributed by atoms with Crippen molar-refractivity contribution in [2.45, 2.75) is 13.5 Å². The fourth-order valence-electron chi connectivity index (χ4n) is 4.18. The fourth-order valence-corrected chi connectivity index (χ4v) is 4.73. The largest absolute Gasteiger partial charge is 0.459 e. The number of hydrogen-bond donors (Lipinski definition) is 0. The molecule has 0 aliphatic carbocycles. The maximum absolute atomic E-state index is 11.6. The molecule has 6 rings (SSSR count). The molecule has 36 heavy (non-hydrogen) atoms. The SMILES string of the molecule is CC(=O)OCc1c(Br)c(-c2nc3ccccc3n3c(-c4ccccc4)nnc23)nn1-c1ccccc1. The van der Waals surface area contributed by atoms with Gasteiger partial charge in [0.2, 0.25) is 0 Å². The molecule has 0 saturated carbocycles. The number of nitrogens with zero attached hydrogens (tertiary/aromatic N) is 6. The first-order valence-electron chi connectivity index (χ1n) is 11.3. The number of ether oxygens (including phenoxy) is 1. The topological polar surface area (TPSA) is 87.2 Å². The van der Waals surface area contributed by atoms with Crippen molar-refractivity contribution in [2.75, 3.05) is 0 Å². The summed E-state index contributed by atoms with van der Waals surface area (Å²) >= 11 is 3.72. The van der Waals surface area contributed by atoms with Crippen LogP contribution in [0.5, 0.6) is 0 Å². The molecule has 3 aromatic heterocycles. The van der Waals surface area contributed by atoms with Crippen LogP contribution in [-0.2, 0) is 16.1 Å². The first-order chi connectivity index (χ1) is 17.6. The highest BCUT2D eigenvalue weighted by molar-refractivity contribution is 9.10. The summed E-state index contributed by atoms with van der Waals surface area (Å²) in [6, 6.07) is 27.5. The van der Waals surface area contributed by atoms with Gasteiger partial charge in [-0.1, -0.05) is 60.7 Å². The third-order valence-electron chi connectivity index (χ3n) is 5.82. The predicted molar refractivity (Wildman–Crippen MR) is 139 cm³/mol. The van der Waals surface area contributed by atoms with Crippen molar-refractivity contribution in [2.24, 2.45) is 0 Å². The lowest BCUT2D eigenvalue weighted by Crippen LogP contribution is -2.06. The van der Waals surface area contributed by atoms with Gasteiger partial charge < -0.3 is 4.74 Å². The Morgan fingerprint density at radius 1 is 0.889 bits per heavy atom. The molecule has 0 radical (unpaired) electrons. The second kappa shape index (κ2) is 9.01. The fraction of sp³-hybridized carbons (Fsp3) is 0.0741. The number of esters is 1. The molecule has 0 bridgehead atoms. The second-order valence-electron chi connectivity index (χ2n) is 8.13. The van der Waals surface area contributed by atoms with Crippen molar-refractivity contribution < 1.29 is 9.53 Å². The van der Waals surface area contributed by atoms with Gasteiger partial charge in [-0.25, -0.2) is 9.67 Å². The van der Waals surface area contributed by atoms with Crippen molar-refractivity contribution in [1.82, 2.24) is 29.4 Å². The van der Waals surface area contributed by atoms with Crippen molar-refractivity contribution in [3.05, 3.63) is 95.1 Å². The molecule has 8 nitrogen and oxygen atoms in total. The normalized spacial score (nSPS) is 11.3. The minimum atomic E-state index is -0.375. The van der Waals surface area contributed by atoms with Crippen LogP contribution in [0.15, 0.2) is 89.4 Å². The van der Waals surface area contributed by atoms with Gasteiger partial charge in [-0.05, 0) is 40.2 Å². The molecule has 0 amide bonds. The Balaban J connectivity index is 1.64. The first-order valence-corrected chi connectivity index (χ1v) is 12.1. The maximum atomic E-state index is 11.6. The van der Waals surface area contributed by atoms with Crippen molar-refractivity contribution >= 4 is 38.6 Å². The van der Waals surface area contributed by atoms with Gasteiger partial charge >= 0.3 is 5.97 Å².